The van der Waals surface area contributed by atoms with Gasteiger partial charge in [-0.15, -0.1) is 0 Å². The minimum absolute atomic E-state index is 0.0485. The van der Waals surface area contributed by atoms with E-state index >= 15 is 0 Å². The van der Waals surface area contributed by atoms with Gasteiger partial charge in [0, 0.05) is 232 Å². The normalized spacial score (nSPS) is 16.1. The fraction of sp³-hybridized carbons (Fsp3) is 0.464. The summed E-state index contributed by atoms with van der Waals surface area (Å²) in [6.07, 6.45) is 29.2. The largest absolute Gasteiger partial charge is 0.498 e. The van der Waals surface area contributed by atoms with Crippen LogP contribution in [-0.4, -0.2) is 233 Å². The van der Waals surface area contributed by atoms with Crippen LogP contribution < -0.4 is 5.46 Å². The molecule has 1 saturated carbocycles. The molecule has 3 aliphatic heterocycles. The number of allylic oxidation sites excluding steroid dienone is 2. The third-order valence-corrected chi connectivity index (χ3v) is 37.9. The highest BCUT2D eigenvalue weighted by Crippen LogP contribution is 2.42. The van der Waals surface area contributed by atoms with E-state index in [-0.39, 0.29) is 79.8 Å². The minimum Gasteiger partial charge on any atom is -0.399 e. The smallest absolute Gasteiger partial charge is 0.399 e. The first-order chi connectivity index (χ1) is 66.1. The third kappa shape index (κ3) is 26.2. The first kappa shape index (κ1) is 109. The zero-order chi connectivity index (χ0) is 102. The van der Waals surface area contributed by atoms with Gasteiger partial charge in [0.1, 0.15) is 59.5 Å². The number of hydrogen-bond acceptors (Lipinski definition) is 23. The highest BCUT2D eigenvalue weighted by atomic mass is 79.9. The van der Waals surface area contributed by atoms with Crippen molar-refractivity contribution in [1.82, 2.24) is 97.2 Å². The van der Waals surface area contributed by atoms with Crippen molar-refractivity contribution < 1.29 is 48.8 Å². The molecule has 1 aliphatic carbocycles. The number of fused-ring (bicyclic) bond motifs is 5. The summed E-state index contributed by atoms with van der Waals surface area (Å²) in [5.74, 6) is 0.311. The molecule has 14 aromatic rings. The molecule has 34 nitrogen and oxygen atoms in total. The molecule has 4 aliphatic rings. The summed E-state index contributed by atoms with van der Waals surface area (Å²) in [5, 5.41) is 55.6. The number of pyridine rings is 5. The number of nitrogens with one attached hydrogen (secondary N) is 4. The second kappa shape index (κ2) is 45.6. The molecular weight excluding hydrogens is 2010 g/mol. The molecule has 0 atom stereocenters. The number of aryl methyl sites for hydroxylation is 4. The number of rotatable bonds is 29. The summed E-state index contributed by atoms with van der Waals surface area (Å²) in [6.45, 7) is 47.2. The minimum atomic E-state index is -3.30. The lowest BCUT2D eigenvalue weighted by atomic mass is 9.79. The summed E-state index contributed by atoms with van der Waals surface area (Å²) >= 11 is 6.95. The van der Waals surface area contributed by atoms with Crippen LogP contribution in [0.2, 0.25) is 77.1 Å². The number of sulfone groups is 1. The number of nitrogens with zero attached hydrogens (tertiary/aromatic N) is 19. The van der Waals surface area contributed by atoms with Crippen molar-refractivity contribution in [3.8, 4) is 51.6 Å². The van der Waals surface area contributed by atoms with Gasteiger partial charge < -0.3 is 47.2 Å². The van der Waals surface area contributed by atoms with Crippen LogP contribution in [0.5, 0.6) is 0 Å². The van der Waals surface area contributed by atoms with Crippen LogP contribution in [0.3, 0.4) is 0 Å². The van der Waals surface area contributed by atoms with Crippen molar-refractivity contribution >= 4 is 154 Å². The van der Waals surface area contributed by atoms with Gasteiger partial charge in [-0.05, 0) is 209 Å². The van der Waals surface area contributed by atoms with Crippen molar-refractivity contribution in [3.63, 3.8) is 0 Å². The van der Waals surface area contributed by atoms with Gasteiger partial charge in [0.25, 0.3) is 0 Å². The summed E-state index contributed by atoms with van der Waals surface area (Å²) in [4.78, 5) is 28.1. The number of hydrogen-bond donors (Lipinski definition) is 4. The Morgan fingerprint density at radius 2 is 0.879 bits per heavy atom. The molecule has 0 bridgehead atoms. The second-order valence-corrected chi connectivity index (χ2v) is 65.9. The first-order valence-corrected chi connectivity index (χ1v) is 64.5. The summed E-state index contributed by atoms with van der Waals surface area (Å²) in [7, 11) is -12.9. The predicted molar refractivity (Wildman–Crippen MR) is 567 cm³/mol. The van der Waals surface area contributed by atoms with Gasteiger partial charge in [-0.1, -0.05) is 71.4 Å². The Balaban J connectivity index is 0.000000151. The number of halogens is 2. The van der Waals surface area contributed by atoms with E-state index in [1.54, 1.807) is 54.9 Å². The Labute approximate surface area is 841 Å². The fourth-order valence-electron chi connectivity index (χ4n) is 16.1. The van der Waals surface area contributed by atoms with Crippen LogP contribution in [0.1, 0.15) is 96.9 Å². The van der Waals surface area contributed by atoms with E-state index in [0.717, 1.165) is 157 Å². The van der Waals surface area contributed by atoms with E-state index in [0.29, 0.717) is 33.0 Å². The van der Waals surface area contributed by atoms with E-state index in [2.05, 4.69) is 180 Å². The average Bonchev–Trinajstić information content (AvgIpc) is 1.45. The molecule has 43 heteroatoms. The topological polar surface area (TPSA) is 430 Å². The Morgan fingerprint density at radius 1 is 0.493 bits per heavy atom. The lowest BCUT2D eigenvalue weighted by molar-refractivity contribution is 0.00578. The van der Waals surface area contributed by atoms with Crippen LogP contribution in [0.25, 0.3) is 88.5 Å². The highest BCUT2D eigenvalue weighted by molar-refractivity contribution is 9.11. The number of ether oxygens (including phenoxy) is 3. The third-order valence-electron chi connectivity index (χ3n) is 25.7. The van der Waals surface area contributed by atoms with E-state index in [1.807, 2.05) is 181 Å². The number of aromatic nitrogens is 18. The SMILES string of the molecule is Brc1ccnc2[nH]ccc12.CCS(=O)(=O)C1CC(=CC#N)C1.CCS(=O)(=O)N1CC(CC#N)(n2cc(-c3ccnc4[nH]ccc34)c(C)n2)C1.CCS(=O)(=O)N1CC(CC#N)(n2cc(-c3ccnc4c3ccn4COCC[Si](C)(C)C)c(C)n2)C1.C[Si](C)(C)CCOCn1ccc2c(Br)ccnc21.Cc1[nH]ncc1-c1ccnc2c1ccn2COCC[Si](C)(C)C.Cc1[nH]ncc1B1OC(C)(C)C(C)(C)O1. The molecule has 18 rings (SSSR count). The van der Waals surface area contributed by atoms with Gasteiger partial charge in [-0.3, -0.25) is 19.6 Å². The van der Waals surface area contributed by atoms with Gasteiger partial charge >= 0.3 is 7.12 Å². The Bertz CT molecular complexity index is 7150. The zero-order valence-electron chi connectivity index (χ0n) is 83.7. The lowest BCUT2D eigenvalue weighted by Crippen LogP contribution is -2.64. The molecule has 140 heavy (non-hydrogen) atoms. The molecular formula is C97H130BBr2N23O11S3Si3. The monoisotopic (exact) mass is 2140 g/mol. The van der Waals surface area contributed by atoms with Crippen molar-refractivity contribution in [2.75, 3.05) is 63.3 Å². The van der Waals surface area contributed by atoms with Gasteiger partial charge in [0.15, 0.2) is 9.84 Å². The molecule has 0 unspecified atom stereocenters. The average molecular weight is 2150 g/mol. The quantitative estimate of drug-likeness (QED) is 0.0192. The maximum Gasteiger partial charge on any atom is 0.498 e. The van der Waals surface area contributed by atoms with E-state index in [4.69, 9.17) is 33.9 Å². The van der Waals surface area contributed by atoms with Crippen LogP contribution in [0.15, 0.2) is 168 Å². The molecule has 0 aromatic carbocycles. The molecule has 4 fully saturated rings. The van der Waals surface area contributed by atoms with Crippen molar-refractivity contribution in [2.45, 2.75) is 227 Å². The van der Waals surface area contributed by atoms with Crippen molar-refractivity contribution in [1.29, 1.82) is 15.8 Å². The molecule has 0 spiro atoms. The summed E-state index contributed by atoms with van der Waals surface area (Å²) in [6, 6.07) is 29.8. The number of H-pyrrole nitrogens is 4. The van der Waals surface area contributed by atoms with Gasteiger partial charge in [0.05, 0.1) is 76.6 Å². The van der Waals surface area contributed by atoms with E-state index < -0.39 is 65.2 Å². The van der Waals surface area contributed by atoms with Crippen LogP contribution in [0, 0.1) is 61.7 Å². The van der Waals surface area contributed by atoms with Gasteiger partial charge in [-0.2, -0.15) is 44.8 Å². The molecule has 14 aromatic heterocycles. The first-order valence-electron chi connectivity index (χ1n) is 46.8. The van der Waals surface area contributed by atoms with Crippen molar-refractivity contribution in [3.05, 3.63) is 191 Å². The lowest BCUT2D eigenvalue weighted by Gasteiger charge is -2.47. The van der Waals surface area contributed by atoms with Crippen LogP contribution in [0.4, 0.5) is 0 Å². The number of nitriles is 3. The van der Waals surface area contributed by atoms with Crippen LogP contribution in [-0.2, 0) is 84.7 Å². The molecule has 0 amide bonds. The highest BCUT2D eigenvalue weighted by Gasteiger charge is 2.54. The maximum absolute atomic E-state index is 12.3. The Morgan fingerprint density at radius 3 is 1.28 bits per heavy atom. The van der Waals surface area contributed by atoms with Gasteiger partial charge in [-0.25, -0.2) is 50.2 Å². The molecule has 4 N–H and O–H groups in total. The van der Waals surface area contributed by atoms with Crippen LogP contribution >= 0.6 is 31.9 Å². The maximum atomic E-state index is 12.3. The van der Waals surface area contributed by atoms with E-state index in [9.17, 15) is 35.8 Å². The number of sulfonamides is 2. The standard InChI is InChI=1S/C24H34N6O3SSi.C18H20N6O2S.C17H24N4OSi.C13H19BrN2OSi.C10H17BN2O2.C8H11NO2S.C7H5BrN2/c1-6-34(31,32)29-16-24(17-29,9-10-25)30-15-22(19(2)27-30)20-7-11-26-23-21(20)8-12-28(23)18-33-13-14-35(3,4)5;1-3-27(25,26)23-11-18(12-23,6-7-19)24-10-16(13(2)22-24)14-4-8-20-17-15(14)5-9-21-17;1-13-16(11-19-20-13)14-5-7-18-17-15(14)6-8-21(17)12-22-9-10-23(2,3)4;1-18(2,3)9-8-17-10-16-7-5-11-12(14)4-6-15-13(11)16;1-7-8(6-12-13-7)11-14-9(2,3)10(4,5)15-11;1-2-12(10,11)8-5-7(6-8)3-4-9;8-6-2-4-10-7-5(6)1-3-9-7/h7-8,11-12,15H,6,9,13-14,16-18H2,1-5H3;4-5,8-10H,3,6,11-12H2,1-2H3,(H,20,21);5-8,11H,9-10,12H2,1-4H3,(H,19,20);4-7H,8-10H2,1-3H3;6H,1-5H3,(H,12,13);3,8H,2,5-6H2,1H3;1-4H,(H,9,10). The fourth-order valence-corrected chi connectivity index (χ4v) is 23.1. The molecule has 17 heterocycles. The van der Waals surface area contributed by atoms with E-state index in [1.165, 1.54) is 26.8 Å². The number of aromatic amines is 4. The predicted octanol–water partition coefficient (Wildman–Crippen LogP) is 18.3. The summed E-state index contributed by atoms with van der Waals surface area (Å²) < 4.78 is 115. The molecule has 3 saturated heterocycles. The van der Waals surface area contributed by atoms with Gasteiger partial charge in [0.2, 0.25) is 20.0 Å². The second-order valence-electron chi connectivity index (χ2n) is 40.2. The Kier molecular flexibility index (Phi) is 35.3. The van der Waals surface area contributed by atoms with Crippen molar-refractivity contribution in [2.24, 2.45) is 0 Å². The molecule has 746 valence electrons. The summed E-state index contributed by atoms with van der Waals surface area (Å²) in [5.41, 5.74) is 14.5. The zero-order valence-corrected chi connectivity index (χ0v) is 92.3. The molecule has 0 radical (unpaired) electrons. The Hall–Kier alpha value is -10.3.